The van der Waals surface area contributed by atoms with Gasteiger partial charge in [0.05, 0.1) is 7.11 Å². The number of fused-ring (bicyclic) bond motifs is 2. The van der Waals surface area contributed by atoms with Crippen LogP contribution in [0, 0.1) is 0 Å². The molecule has 4 atom stereocenters. The van der Waals surface area contributed by atoms with Crippen LogP contribution < -0.4 is 29.0 Å². The third-order valence-electron chi connectivity index (χ3n) is 7.56. The number of phenols is 3. The maximum absolute atomic E-state index is 13.0. The van der Waals surface area contributed by atoms with E-state index in [1.54, 1.807) is 18.2 Å². The summed E-state index contributed by atoms with van der Waals surface area (Å²) in [5, 5.41) is 43.7. The van der Waals surface area contributed by atoms with Gasteiger partial charge in [-0.25, -0.2) is 4.79 Å². The number of rotatable bonds is 7. The number of amides is 1. The van der Waals surface area contributed by atoms with Crippen molar-refractivity contribution in [2.45, 2.75) is 31.3 Å². The highest BCUT2D eigenvalue weighted by Gasteiger charge is 2.41. The lowest BCUT2D eigenvalue weighted by atomic mass is 9.92. The molecule has 0 aliphatic carbocycles. The number of Topliss-reactive ketones (excluding diaryl/α,β-unsaturated/α-hetero) is 1. The van der Waals surface area contributed by atoms with Crippen LogP contribution in [0.4, 0.5) is 10.5 Å². The molecule has 4 aromatic rings. The van der Waals surface area contributed by atoms with Crippen LogP contribution >= 0.6 is 0 Å². The van der Waals surface area contributed by atoms with Crippen LogP contribution in [0.25, 0.3) is 0 Å². The van der Waals surface area contributed by atoms with E-state index < -0.39 is 42.1 Å². The highest BCUT2D eigenvalue weighted by Crippen LogP contribution is 2.46. The second kappa shape index (κ2) is 12.9. The first-order chi connectivity index (χ1) is 23.0. The van der Waals surface area contributed by atoms with Crippen molar-refractivity contribution in [2.24, 2.45) is 0 Å². The van der Waals surface area contributed by atoms with Crippen LogP contribution in [-0.4, -0.2) is 64.2 Å². The van der Waals surface area contributed by atoms with Gasteiger partial charge in [-0.1, -0.05) is 12.1 Å². The van der Waals surface area contributed by atoms with E-state index >= 15 is 0 Å². The molecule has 0 aromatic heterocycles. The number of ether oxygens (including phenoxy) is 6. The number of hydrogen-bond acceptors (Lipinski definition) is 13. The summed E-state index contributed by atoms with van der Waals surface area (Å²) < 4.78 is 34.3. The number of phenolic OH excluding ortho intramolecular Hbond substituents is 3. The third-order valence-corrected chi connectivity index (χ3v) is 7.56. The maximum Gasteiger partial charge on any atom is 0.513 e. The molecule has 2 aliphatic rings. The van der Waals surface area contributed by atoms with Crippen molar-refractivity contribution in [3.8, 4) is 46.0 Å². The molecule has 5 N–H and O–H groups in total. The Kier molecular flexibility index (Phi) is 8.57. The minimum atomic E-state index is -1.69. The van der Waals surface area contributed by atoms with Crippen molar-refractivity contribution in [3.05, 3.63) is 89.5 Å². The molecular weight excluding hydrogens is 630 g/mol. The molecule has 0 saturated heterocycles. The van der Waals surface area contributed by atoms with E-state index in [4.69, 9.17) is 28.4 Å². The van der Waals surface area contributed by atoms with Gasteiger partial charge >= 0.3 is 6.16 Å². The summed E-state index contributed by atoms with van der Waals surface area (Å²) in [4.78, 5) is 36.8. The van der Waals surface area contributed by atoms with Crippen LogP contribution in [-0.2, 0) is 9.53 Å². The van der Waals surface area contributed by atoms with Crippen molar-refractivity contribution >= 4 is 23.5 Å². The Morgan fingerprint density at radius 1 is 0.812 bits per heavy atom. The molecule has 1 amide bonds. The van der Waals surface area contributed by atoms with E-state index in [-0.39, 0.29) is 58.3 Å². The molecule has 0 radical (unpaired) electrons. The second-order valence-electron chi connectivity index (χ2n) is 10.9. The van der Waals surface area contributed by atoms with Gasteiger partial charge in [0.2, 0.25) is 11.7 Å². The summed E-state index contributed by atoms with van der Waals surface area (Å²) in [5.74, 6) is -1.38. The highest BCUT2D eigenvalue weighted by atomic mass is 16.7. The zero-order chi connectivity index (χ0) is 34.1. The fourth-order valence-electron chi connectivity index (χ4n) is 5.35. The number of carbonyl (C=O) groups is 3. The molecule has 2 heterocycles. The number of benzene rings is 4. The first-order valence-electron chi connectivity index (χ1n) is 14.5. The fourth-order valence-corrected chi connectivity index (χ4v) is 5.35. The SMILES string of the molecule is COc1cc(C2Oc3cc([C@@H]4Oc5cc(O)cc(O)c5C(=O)C4O)ccc3O[C@H]2COC(=O)Oc2ccc(NC(C)=O)cc2)ccc1O. The zero-order valence-corrected chi connectivity index (χ0v) is 25.4. The van der Waals surface area contributed by atoms with Crippen molar-refractivity contribution < 1.29 is 63.2 Å². The Bertz CT molecular complexity index is 1890. The Labute approximate surface area is 272 Å². The maximum atomic E-state index is 13.0. The van der Waals surface area contributed by atoms with E-state index in [2.05, 4.69) is 5.32 Å². The van der Waals surface area contributed by atoms with Crippen LogP contribution in [0.3, 0.4) is 0 Å². The first kappa shape index (κ1) is 31.8. The molecule has 6 rings (SSSR count). The van der Waals surface area contributed by atoms with Crippen LogP contribution in [0.5, 0.6) is 46.0 Å². The van der Waals surface area contributed by atoms with Crippen molar-refractivity contribution in [3.63, 3.8) is 0 Å². The summed E-state index contributed by atoms with van der Waals surface area (Å²) in [7, 11) is 1.38. The largest absolute Gasteiger partial charge is 0.513 e. The van der Waals surface area contributed by atoms with Gasteiger partial charge in [-0.05, 0) is 54.1 Å². The van der Waals surface area contributed by atoms with E-state index in [1.165, 1.54) is 56.5 Å². The van der Waals surface area contributed by atoms with Crippen molar-refractivity contribution in [1.29, 1.82) is 0 Å². The quantitative estimate of drug-likeness (QED) is 0.137. The number of methoxy groups -OCH3 is 1. The number of aliphatic hydroxyl groups excluding tert-OH is 1. The Morgan fingerprint density at radius 3 is 2.25 bits per heavy atom. The fraction of sp³-hybridized carbons (Fsp3) is 0.206. The lowest BCUT2D eigenvalue weighted by Crippen LogP contribution is -2.38. The van der Waals surface area contributed by atoms with Crippen LogP contribution in [0.1, 0.15) is 40.6 Å². The van der Waals surface area contributed by atoms with Gasteiger partial charge in [-0.3, -0.25) is 9.59 Å². The third kappa shape index (κ3) is 6.41. The summed E-state index contributed by atoms with van der Waals surface area (Å²) >= 11 is 0. The van der Waals surface area contributed by atoms with Gasteiger partial charge in [0.25, 0.3) is 0 Å². The lowest BCUT2D eigenvalue weighted by molar-refractivity contribution is -0.114. The normalized spacial score (nSPS) is 19.4. The van der Waals surface area contributed by atoms with Gasteiger partial charge < -0.3 is 54.2 Å². The summed E-state index contributed by atoms with van der Waals surface area (Å²) in [6, 6.07) is 17.3. The molecule has 2 unspecified atom stereocenters. The molecule has 2 aliphatic heterocycles. The Morgan fingerprint density at radius 2 is 1.52 bits per heavy atom. The molecule has 14 nitrogen and oxygen atoms in total. The molecule has 248 valence electrons. The van der Waals surface area contributed by atoms with Crippen LogP contribution in [0.2, 0.25) is 0 Å². The average Bonchev–Trinajstić information content (AvgIpc) is 3.05. The average molecular weight is 660 g/mol. The van der Waals surface area contributed by atoms with Gasteiger partial charge in [0.1, 0.15) is 35.2 Å². The monoisotopic (exact) mass is 659 g/mol. The van der Waals surface area contributed by atoms with Crippen molar-refractivity contribution in [1.82, 2.24) is 0 Å². The predicted molar refractivity (Wildman–Crippen MR) is 165 cm³/mol. The summed E-state index contributed by atoms with van der Waals surface area (Å²) in [5.41, 5.74) is 1.07. The molecule has 0 saturated carbocycles. The van der Waals surface area contributed by atoms with Gasteiger partial charge in [-0.2, -0.15) is 0 Å². The van der Waals surface area contributed by atoms with Gasteiger partial charge in [0.15, 0.2) is 47.4 Å². The number of aliphatic hydroxyl groups is 1. The minimum absolute atomic E-state index is 0.107. The number of ketones is 1. The minimum Gasteiger partial charge on any atom is -0.508 e. The molecule has 0 bridgehead atoms. The zero-order valence-electron chi connectivity index (χ0n) is 25.4. The summed E-state index contributed by atoms with van der Waals surface area (Å²) in [6.45, 7) is 1.04. The standard InChI is InChI=1S/C34H29NO13/c1-16(36)35-19-5-7-21(8-6-19)45-34(42)44-15-28-32(17-3-9-22(38)25(11-17)43-2)47-26-12-18(4-10-24(26)46-28)33-31(41)30(40)29-23(39)13-20(37)14-27(29)48-33/h3-14,28,31-33,37-39,41H,15H2,1-2H3,(H,35,36)/t28-,31?,32?,33-/m0/s1. The summed E-state index contributed by atoms with van der Waals surface area (Å²) in [6.07, 6.45) is -5.81. The number of carbonyl (C=O) groups excluding carboxylic acids is 3. The topological polar surface area (TPSA) is 200 Å². The molecule has 14 heteroatoms. The number of anilines is 1. The van der Waals surface area contributed by atoms with Gasteiger partial charge in [0, 0.05) is 30.3 Å². The lowest BCUT2D eigenvalue weighted by Gasteiger charge is -2.35. The predicted octanol–water partition coefficient (Wildman–Crippen LogP) is 4.54. The molecule has 48 heavy (non-hydrogen) atoms. The van der Waals surface area contributed by atoms with Crippen LogP contribution in [0.15, 0.2) is 72.8 Å². The Balaban J connectivity index is 1.24. The molecule has 0 spiro atoms. The van der Waals surface area contributed by atoms with E-state index in [1.807, 2.05) is 0 Å². The number of hydrogen-bond donors (Lipinski definition) is 5. The van der Waals surface area contributed by atoms with Crippen molar-refractivity contribution in [2.75, 3.05) is 19.0 Å². The highest BCUT2D eigenvalue weighted by molar-refractivity contribution is 6.05. The number of aromatic hydroxyl groups is 3. The molecule has 4 aromatic carbocycles. The molecule has 0 fully saturated rings. The second-order valence-corrected chi connectivity index (χ2v) is 10.9. The van der Waals surface area contributed by atoms with E-state index in [0.29, 0.717) is 16.8 Å². The Hall–Kier alpha value is -6.15. The van der Waals surface area contributed by atoms with E-state index in [9.17, 15) is 34.8 Å². The smallest absolute Gasteiger partial charge is 0.508 e. The molecular formula is C34H29NO13. The van der Waals surface area contributed by atoms with Gasteiger partial charge in [-0.15, -0.1) is 0 Å². The number of nitrogens with one attached hydrogen (secondary N) is 1. The van der Waals surface area contributed by atoms with E-state index in [0.717, 1.165) is 12.1 Å². The first-order valence-corrected chi connectivity index (χ1v) is 14.5.